The molecule has 1 saturated heterocycles. The Labute approximate surface area is 210 Å². The van der Waals surface area contributed by atoms with Crippen molar-refractivity contribution in [2.24, 2.45) is 11.5 Å². The van der Waals surface area contributed by atoms with E-state index in [1.54, 1.807) is 0 Å². The summed E-state index contributed by atoms with van der Waals surface area (Å²) < 4.78 is 0. The third-order valence-electron chi connectivity index (χ3n) is 6.96. The van der Waals surface area contributed by atoms with Crippen molar-refractivity contribution < 1.29 is 9.90 Å². The van der Waals surface area contributed by atoms with Crippen LogP contribution in [-0.4, -0.2) is 52.3 Å². The van der Waals surface area contributed by atoms with Crippen molar-refractivity contribution >= 4 is 28.9 Å². The molecule has 1 saturated carbocycles. The second-order valence-electron chi connectivity index (χ2n) is 9.65. The second kappa shape index (κ2) is 10.5. The molecule has 1 aliphatic heterocycles. The smallest absolute Gasteiger partial charge is 0.271 e. The molecule has 36 heavy (non-hydrogen) atoms. The Morgan fingerprint density at radius 2 is 1.67 bits per heavy atom. The van der Waals surface area contributed by atoms with Gasteiger partial charge in [0.25, 0.3) is 5.91 Å². The van der Waals surface area contributed by atoms with Gasteiger partial charge in [0.2, 0.25) is 0 Å². The lowest BCUT2D eigenvalue weighted by molar-refractivity contribution is 0.0996. The maximum atomic E-state index is 12.4. The van der Waals surface area contributed by atoms with Crippen molar-refractivity contribution in [2.75, 3.05) is 28.6 Å². The van der Waals surface area contributed by atoms with Crippen LogP contribution in [0, 0.1) is 0 Å². The van der Waals surface area contributed by atoms with Crippen LogP contribution < -0.4 is 27.0 Å². The number of aliphatic hydroxyl groups is 1. The molecular formula is C27H33N7O2. The summed E-state index contributed by atoms with van der Waals surface area (Å²) in [5.41, 5.74) is 15.1. The highest BCUT2D eigenvalue weighted by atomic mass is 16.3. The van der Waals surface area contributed by atoms with Gasteiger partial charge in [0.15, 0.2) is 17.3 Å². The van der Waals surface area contributed by atoms with Crippen molar-refractivity contribution in [3.63, 3.8) is 0 Å². The third kappa shape index (κ3) is 5.42. The maximum Gasteiger partial charge on any atom is 0.271 e. The van der Waals surface area contributed by atoms with Gasteiger partial charge in [-0.25, -0.2) is 9.97 Å². The van der Waals surface area contributed by atoms with E-state index in [4.69, 9.17) is 16.5 Å². The molecule has 7 N–H and O–H groups in total. The zero-order valence-electron chi connectivity index (χ0n) is 20.2. The molecule has 188 valence electrons. The van der Waals surface area contributed by atoms with E-state index >= 15 is 0 Å². The highest BCUT2D eigenvalue weighted by Gasteiger charge is 2.26. The van der Waals surface area contributed by atoms with E-state index in [2.05, 4.69) is 20.5 Å². The van der Waals surface area contributed by atoms with E-state index in [9.17, 15) is 9.90 Å². The van der Waals surface area contributed by atoms with Gasteiger partial charge in [0.05, 0.1) is 6.10 Å². The first kappa shape index (κ1) is 24.0. The minimum Gasteiger partial charge on any atom is -0.393 e. The lowest BCUT2D eigenvalue weighted by Crippen LogP contribution is -2.39. The van der Waals surface area contributed by atoms with Crippen LogP contribution >= 0.6 is 0 Å². The van der Waals surface area contributed by atoms with E-state index in [0.717, 1.165) is 55.7 Å². The number of benzene rings is 2. The standard InChI is InChI=1S/C27H33N7O2/c28-18-12-14-34(15-13-18)21-9-6-19(7-10-21)30-27-24(25(29)36)32-23(17-4-2-1-3-5-17)26(33-27)31-20-8-11-22(35)16-20/h1-7,9-10,18,20,22,35H,8,11-16,28H2,(H2,29,36)(H2,30,31,33)/t20-,22-/m1/s1. The summed E-state index contributed by atoms with van der Waals surface area (Å²) in [5, 5.41) is 16.7. The van der Waals surface area contributed by atoms with Crippen molar-refractivity contribution in [1.82, 2.24) is 9.97 Å². The van der Waals surface area contributed by atoms with E-state index in [0.29, 0.717) is 23.8 Å². The van der Waals surface area contributed by atoms with Crippen molar-refractivity contribution in [1.29, 1.82) is 0 Å². The first-order valence-corrected chi connectivity index (χ1v) is 12.6. The summed E-state index contributed by atoms with van der Waals surface area (Å²) in [6.45, 7) is 1.88. The summed E-state index contributed by atoms with van der Waals surface area (Å²) in [4.78, 5) is 24.2. The van der Waals surface area contributed by atoms with Gasteiger partial charge in [-0.3, -0.25) is 4.79 Å². The first-order chi connectivity index (χ1) is 17.5. The first-order valence-electron chi connectivity index (χ1n) is 12.6. The summed E-state index contributed by atoms with van der Waals surface area (Å²) in [7, 11) is 0. The van der Waals surface area contributed by atoms with Crippen LogP contribution in [0.2, 0.25) is 0 Å². The number of nitrogens with zero attached hydrogens (tertiary/aromatic N) is 3. The molecule has 0 spiro atoms. The SMILES string of the molecule is NC(=O)c1nc(-c2ccccc2)c(N[C@@H]2CC[C@@H](O)C2)nc1Nc1ccc(N2CCC(N)CC2)cc1. The molecule has 5 rings (SSSR count). The summed E-state index contributed by atoms with van der Waals surface area (Å²) in [5.74, 6) is 0.181. The lowest BCUT2D eigenvalue weighted by Gasteiger charge is -2.32. The molecule has 9 nitrogen and oxygen atoms in total. The number of hydrogen-bond donors (Lipinski definition) is 5. The number of amides is 1. The molecule has 2 aliphatic rings. The van der Waals surface area contributed by atoms with E-state index < -0.39 is 5.91 Å². The number of nitrogens with one attached hydrogen (secondary N) is 2. The average molecular weight is 488 g/mol. The second-order valence-corrected chi connectivity index (χ2v) is 9.65. The van der Waals surface area contributed by atoms with Crippen LogP contribution in [0.3, 0.4) is 0 Å². The van der Waals surface area contributed by atoms with Crippen molar-refractivity contribution in [2.45, 2.75) is 50.3 Å². The zero-order chi connectivity index (χ0) is 25.1. The average Bonchev–Trinajstić information content (AvgIpc) is 3.30. The molecule has 2 fully saturated rings. The number of aliphatic hydroxyl groups excluding tert-OH is 1. The predicted molar refractivity (Wildman–Crippen MR) is 142 cm³/mol. The topological polar surface area (TPSA) is 142 Å². The van der Waals surface area contributed by atoms with Crippen LogP contribution in [0.25, 0.3) is 11.3 Å². The number of nitrogens with two attached hydrogens (primary N) is 2. The van der Waals surface area contributed by atoms with Gasteiger partial charge in [0.1, 0.15) is 5.69 Å². The van der Waals surface area contributed by atoms with Crippen LogP contribution in [0.15, 0.2) is 54.6 Å². The van der Waals surface area contributed by atoms with E-state index in [1.807, 2.05) is 54.6 Å². The molecule has 1 aliphatic carbocycles. The lowest BCUT2D eigenvalue weighted by atomic mass is 10.1. The van der Waals surface area contributed by atoms with Gasteiger partial charge in [-0.15, -0.1) is 0 Å². The van der Waals surface area contributed by atoms with Crippen LogP contribution in [0.4, 0.5) is 23.0 Å². The van der Waals surface area contributed by atoms with Gasteiger partial charge in [-0.2, -0.15) is 0 Å². The molecule has 2 aromatic carbocycles. The highest BCUT2D eigenvalue weighted by Crippen LogP contribution is 2.32. The van der Waals surface area contributed by atoms with Crippen LogP contribution in [0.5, 0.6) is 0 Å². The van der Waals surface area contributed by atoms with Crippen molar-refractivity contribution in [3.05, 3.63) is 60.3 Å². The molecule has 2 atom stereocenters. The Bertz CT molecular complexity index is 1190. The normalized spacial score (nSPS) is 20.3. The molecule has 1 amide bonds. The van der Waals surface area contributed by atoms with Gasteiger partial charge >= 0.3 is 0 Å². The zero-order valence-corrected chi connectivity index (χ0v) is 20.2. The summed E-state index contributed by atoms with van der Waals surface area (Å²) in [6.07, 6.45) is 3.86. The Balaban J connectivity index is 1.45. The molecule has 9 heteroatoms. The largest absolute Gasteiger partial charge is 0.393 e. The number of carbonyl (C=O) groups excluding carboxylic acids is 1. The molecule has 2 heterocycles. The summed E-state index contributed by atoms with van der Waals surface area (Å²) in [6, 6.07) is 18.0. The Morgan fingerprint density at radius 3 is 2.31 bits per heavy atom. The Morgan fingerprint density at radius 1 is 0.944 bits per heavy atom. The van der Waals surface area contributed by atoms with Crippen molar-refractivity contribution in [3.8, 4) is 11.3 Å². The van der Waals surface area contributed by atoms with Gasteiger partial charge in [-0.1, -0.05) is 30.3 Å². The van der Waals surface area contributed by atoms with E-state index in [-0.39, 0.29) is 23.9 Å². The molecular weight excluding hydrogens is 454 g/mol. The van der Waals surface area contributed by atoms with Gasteiger partial charge < -0.3 is 32.1 Å². The third-order valence-corrected chi connectivity index (χ3v) is 6.96. The fourth-order valence-electron chi connectivity index (χ4n) is 4.92. The minimum atomic E-state index is -0.661. The summed E-state index contributed by atoms with van der Waals surface area (Å²) >= 11 is 0. The van der Waals surface area contributed by atoms with Crippen LogP contribution in [-0.2, 0) is 0 Å². The number of piperidine rings is 1. The number of aromatic nitrogens is 2. The number of hydrogen-bond acceptors (Lipinski definition) is 8. The maximum absolute atomic E-state index is 12.4. The quantitative estimate of drug-likeness (QED) is 0.342. The monoisotopic (exact) mass is 487 g/mol. The fraction of sp³-hybridized carbons (Fsp3) is 0.370. The molecule has 0 bridgehead atoms. The molecule has 1 aromatic heterocycles. The fourth-order valence-corrected chi connectivity index (χ4v) is 4.92. The number of anilines is 4. The minimum absolute atomic E-state index is 0.0694. The molecule has 3 aromatic rings. The van der Waals surface area contributed by atoms with E-state index in [1.165, 1.54) is 0 Å². The Hall–Kier alpha value is -3.69. The Kier molecular flexibility index (Phi) is 7.02. The van der Waals surface area contributed by atoms with Gasteiger partial charge in [-0.05, 0) is 56.4 Å². The van der Waals surface area contributed by atoms with Gasteiger partial charge in [0, 0.05) is 42.1 Å². The van der Waals surface area contributed by atoms with Crippen LogP contribution in [0.1, 0.15) is 42.6 Å². The molecule has 0 radical (unpaired) electrons. The highest BCUT2D eigenvalue weighted by molar-refractivity contribution is 5.97. The number of primary amides is 1. The number of rotatable bonds is 7. The molecule has 0 unspecified atom stereocenters. The predicted octanol–water partition coefficient (Wildman–Crippen LogP) is 3.24. The number of carbonyl (C=O) groups is 1.